The van der Waals surface area contributed by atoms with Crippen LogP contribution in [0.15, 0.2) is 35.7 Å². The Morgan fingerprint density at radius 3 is 2.71 bits per heavy atom. The zero-order valence-electron chi connectivity index (χ0n) is 12.4. The molecule has 1 aromatic carbocycles. The first-order valence-corrected chi connectivity index (χ1v) is 8.56. The Labute approximate surface area is 130 Å². The van der Waals surface area contributed by atoms with Crippen LogP contribution in [0, 0.1) is 0 Å². The van der Waals surface area contributed by atoms with Crippen LogP contribution in [0.1, 0.15) is 42.8 Å². The molecule has 1 aliphatic carbocycles. The van der Waals surface area contributed by atoms with E-state index in [0.29, 0.717) is 5.92 Å². The lowest BCUT2D eigenvalue weighted by atomic mass is 10.1. The Morgan fingerprint density at radius 1 is 1.33 bits per heavy atom. The molecule has 1 saturated carbocycles. The third kappa shape index (κ3) is 3.44. The third-order valence-electron chi connectivity index (χ3n) is 4.04. The van der Waals surface area contributed by atoms with E-state index in [1.807, 2.05) is 18.2 Å². The summed E-state index contributed by atoms with van der Waals surface area (Å²) >= 11 is 1.78. The Bertz CT molecular complexity index is 561. The Balaban J connectivity index is 1.80. The molecule has 3 rings (SSSR count). The van der Waals surface area contributed by atoms with Crippen molar-refractivity contribution in [3.8, 4) is 0 Å². The fraction of sp³-hybridized carbons (Fsp3) is 0.471. The first kappa shape index (κ1) is 14.5. The van der Waals surface area contributed by atoms with E-state index >= 15 is 0 Å². The van der Waals surface area contributed by atoms with Crippen molar-refractivity contribution in [3.05, 3.63) is 46.4 Å². The monoisotopic (exact) mass is 302 g/mol. The minimum absolute atomic E-state index is 0.137. The molecule has 1 aromatic heterocycles. The van der Waals surface area contributed by atoms with E-state index in [0.717, 1.165) is 24.3 Å². The molecule has 21 heavy (non-hydrogen) atoms. The lowest BCUT2D eigenvalue weighted by molar-refractivity contribution is 0.255. The van der Waals surface area contributed by atoms with Gasteiger partial charge in [-0.1, -0.05) is 25.1 Å². The lowest BCUT2D eigenvalue weighted by Gasteiger charge is -2.31. The van der Waals surface area contributed by atoms with Gasteiger partial charge in [0, 0.05) is 17.0 Å². The molecular weight excluding hydrogens is 280 g/mol. The van der Waals surface area contributed by atoms with Crippen molar-refractivity contribution < 1.29 is 5.11 Å². The Kier molecular flexibility index (Phi) is 4.56. The van der Waals surface area contributed by atoms with Gasteiger partial charge in [0.1, 0.15) is 0 Å². The Morgan fingerprint density at radius 2 is 2.10 bits per heavy atom. The van der Waals surface area contributed by atoms with Crippen molar-refractivity contribution in [2.24, 2.45) is 0 Å². The molecule has 0 spiro atoms. The number of rotatable bonds is 7. The van der Waals surface area contributed by atoms with Crippen LogP contribution in [0.4, 0.5) is 5.69 Å². The summed E-state index contributed by atoms with van der Waals surface area (Å²) in [6.07, 6.45) is 3.51. The van der Waals surface area contributed by atoms with Crippen molar-refractivity contribution in [2.75, 3.05) is 11.5 Å². The van der Waals surface area contributed by atoms with Crippen LogP contribution in [0.2, 0.25) is 0 Å². The van der Waals surface area contributed by atoms with Gasteiger partial charge in [0.05, 0.1) is 29.9 Å². The van der Waals surface area contributed by atoms with Crippen molar-refractivity contribution in [2.45, 2.75) is 44.7 Å². The summed E-state index contributed by atoms with van der Waals surface area (Å²) in [5, 5.41) is 13.1. The number of aromatic nitrogens is 1. The maximum absolute atomic E-state index is 9.68. The van der Waals surface area contributed by atoms with Crippen LogP contribution in [-0.4, -0.2) is 22.7 Å². The average molecular weight is 302 g/mol. The molecule has 4 heteroatoms. The van der Waals surface area contributed by atoms with Gasteiger partial charge in [-0.15, -0.1) is 11.3 Å². The molecule has 1 fully saturated rings. The van der Waals surface area contributed by atoms with E-state index in [9.17, 15) is 5.11 Å². The molecule has 0 saturated heterocycles. The molecule has 3 nitrogen and oxygen atoms in total. The van der Waals surface area contributed by atoms with Crippen LogP contribution in [0.5, 0.6) is 0 Å². The van der Waals surface area contributed by atoms with E-state index in [1.54, 1.807) is 11.3 Å². The number of nitrogens with zero attached hydrogens (tertiary/aromatic N) is 2. The van der Waals surface area contributed by atoms with E-state index in [1.165, 1.54) is 17.8 Å². The van der Waals surface area contributed by atoms with Gasteiger partial charge in [-0.3, -0.25) is 0 Å². The summed E-state index contributed by atoms with van der Waals surface area (Å²) in [6, 6.07) is 10.5. The van der Waals surface area contributed by atoms with Crippen molar-refractivity contribution in [1.29, 1.82) is 0 Å². The summed E-state index contributed by atoms with van der Waals surface area (Å²) < 4.78 is 0. The number of aliphatic hydroxyl groups excluding tert-OH is 1. The summed E-state index contributed by atoms with van der Waals surface area (Å²) in [7, 11) is 0. The topological polar surface area (TPSA) is 36.4 Å². The lowest BCUT2D eigenvalue weighted by Crippen LogP contribution is -2.37. The first-order valence-electron chi connectivity index (χ1n) is 7.68. The zero-order valence-corrected chi connectivity index (χ0v) is 13.2. The normalized spacial score (nSPS) is 15.9. The fourth-order valence-corrected chi connectivity index (χ4v) is 3.57. The van der Waals surface area contributed by atoms with Gasteiger partial charge in [-0.25, -0.2) is 4.98 Å². The van der Waals surface area contributed by atoms with Crippen LogP contribution in [-0.2, 0) is 6.54 Å². The maximum atomic E-state index is 9.68. The molecule has 112 valence electrons. The van der Waals surface area contributed by atoms with Crippen LogP contribution >= 0.6 is 11.3 Å². The minimum Gasteiger partial charge on any atom is -0.394 e. The van der Waals surface area contributed by atoms with Gasteiger partial charge < -0.3 is 10.0 Å². The summed E-state index contributed by atoms with van der Waals surface area (Å²) in [5.41, 5.74) is 2.28. The van der Waals surface area contributed by atoms with Crippen molar-refractivity contribution in [3.63, 3.8) is 0 Å². The second kappa shape index (κ2) is 6.58. The van der Waals surface area contributed by atoms with Crippen LogP contribution in [0.25, 0.3) is 0 Å². The van der Waals surface area contributed by atoms with Crippen LogP contribution < -0.4 is 4.90 Å². The van der Waals surface area contributed by atoms with Gasteiger partial charge in [0.2, 0.25) is 0 Å². The quantitative estimate of drug-likeness (QED) is 0.845. The summed E-state index contributed by atoms with van der Waals surface area (Å²) in [6.45, 7) is 3.06. The molecule has 1 atom stereocenters. The highest BCUT2D eigenvalue weighted by Gasteiger charge is 2.27. The van der Waals surface area contributed by atoms with Gasteiger partial charge in [-0.2, -0.15) is 0 Å². The van der Waals surface area contributed by atoms with E-state index < -0.39 is 0 Å². The molecule has 1 N–H and O–H groups in total. The third-order valence-corrected chi connectivity index (χ3v) is 5.10. The highest BCUT2D eigenvalue weighted by atomic mass is 32.1. The Hall–Kier alpha value is -1.39. The SMILES string of the molecule is CCC(CO)N(Cc1csc(C2CC2)n1)c1ccccc1. The molecule has 0 bridgehead atoms. The van der Waals surface area contributed by atoms with Crippen molar-refractivity contribution in [1.82, 2.24) is 4.98 Å². The molecular formula is C17H22N2OS. The molecule has 2 aromatic rings. The summed E-state index contributed by atoms with van der Waals surface area (Å²) in [5.74, 6) is 0.716. The number of thiazole rings is 1. The average Bonchev–Trinajstić information content (AvgIpc) is 3.28. The smallest absolute Gasteiger partial charge is 0.0960 e. The highest BCUT2D eigenvalue weighted by molar-refractivity contribution is 7.09. The molecule has 0 amide bonds. The van der Waals surface area contributed by atoms with Gasteiger partial charge >= 0.3 is 0 Å². The predicted molar refractivity (Wildman–Crippen MR) is 87.9 cm³/mol. The predicted octanol–water partition coefficient (Wildman–Crippen LogP) is 3.80. The number of aliphatic hydroxyl groups is 1. The van der Waals surface area contributed by atoms with E-state index in [-0.39, 0.29) is 12.6 Å². The number of hydrogen-bond donors (Lipinski definition) is 1. The number of hydrogen-bond acceptors (Lipinski definition) is 4. The minimum atomic E-state index is 0.137. The standard InChI is InChI=1S/C17H22N2OS/c1-2-15(11-20)19(16-6-4-3-5-7-16)10-14-12-21-17(18-14)13-8-9-13/h3-7,12-13,15,20H,2,8-11H2,1H3. The number of anilines is 1. The van der Waals surface area contributed by atoms with Gasteiger partial charge in [0.25, 0.3) is 0 Å². The fourth-order valence-electron chi connectivity index (χ4n) is 2.59. The molecule has 0 aliphatic heterocycles. The highest BCUT2D eigenvalue weighted by Crippen LogP contribution is 2.41. The van der Waals surface area contributed by atoms with E-state index in [4.69, 9.17) is 4.98 Å². The zero-order chi connectivity index (χ0) is 14.7. The molecule has 1 unspecified atom stereocenters. The van der Waals surface area contributed by atoms with Crippen molar-refractivity contribution >= 4 is 17.0 Å². The summed E-state index contributed by atoms with van der Waals surface area (Å²) in [4.78, 5) is 7.05. The van der Waals surface area contributed by atoms with E-state index in [2.05, 4.69) is 29.3 Å². The molecule has 1 heterocycles. The van der Waals surface area contributed by atoms with Gasteiger partial charge in [0.15, 0.2) is 0 Å². The molecule has 0 radical (unpaired) electrons. The second-order valence-corrected chi connectivity index (χ2v) is 6.55. The molecule has 1 aliphatic rings. The largest absolute Gasteiger partial charge is 0.394 e. The van der Waals surface area contributed by atoms with Crippen LogP contribution in [0.3, 0.4) is 0 Å². The maximum Gasteiger partial charge on any atom is 0.0960 e. The van der Waals surface area contributed by atoms with Gasteiger partial charge in [-0.05, 0) is 31.4 Å². The number of benzene rings is 1. The number of para-hydroxylation sites is 1. The second-order valence-electron chi connectivity index (χ2n) is 5.66. The first-order chi connectivity index (χ1) is 10.3.